The van der Waals surface area contributed by atoms with Gasteiger partial charge in [0.1, 0.15) is 0 Å². The molecule has 2 aromatic carbocycles. The molecular formula is C16H17N3O. The Morgan fingerprint density at radius 3 is 2.55 bits per heavy atom. The van der Waals surface area contributed by atoms with E-state index in [9.17, 15) is 4.79 Å². The third-order valence-corrected chi connectivity index (χ3v) is 2.93. The van der Waals surface area contributed by atoms with Gasteiger partial charge in [0.25, 0.3) is 0 Å². The van der Waals surface area contributed by atoms with Gasteiger partial charge in [-0.15, -0.1) is 0 Å². The quantitative estimate of drug-likeness (QED) is 0.895. The fourth-order valence-corrected chi connectivity index (χ4v) is 2.10. The molecule has 0 saturated carbocycles. The number of carbonyl (C=O) groups excluding carboxylic acids is 1. The summed E-state index contributed by atoms with van der Waals surface area (Å²) in [4.78, 5) is 11.7. The van der Waals surface area contributed by atoms with Crippen molar-refractivity contribution in [2.75, 3.05) is 11.9 Å². The van der Waals surface area contributed by atoms with Crippen LogP contribution >= 0.6 is 0 Å². The lowest BCUT2D eigenvalue weighted by molar-refractivity contribution is -0.119. The highest BCUT2D eigenvalue weighted by molar-refractivity contribution is 5.98. The number of hydrogen-bond acceptors (Lipinski definition) is 3. The smallest absolute Gasteiger partial charge is 0.239 e. The molecule has 0 spiro atoms. The summed E-state index contributed by atoms with van der Waals surface area (Å²) in [5, 5.41) is 16.9. The van der Waals surface area contributed by atoms with E-state index in [1.54, 1.807) is 6.07 Å². The summed E-state index contributed by atoms with van der Waals surface area (Å²) in [6, 6.07) is 13.6. The Morgan fingerprint density at radius 1 is 1.20 bits per heavy atom. The average Bonchev–Trinajstić information content (AvgIpc) is 2.44. The molecule has 0 radical (unpaired) electrons. The Balaban J connectivity index is 2.24. The van der Waals surface area contributed by atoms with Gasteiger partial charge in [0, 0.05) is 22.5 Å². The molecule has 2 N–H and O–H groups in total. The van der Waals surface area contributed by atoms with E-state index in [1.807, 2.05) is 44.2 Å². The van der Waals surface area contributed by atoms with Crippen molar-refractivity contribution in [2.24, 2.45) is 0 Å². The van der Waals surface area contributed by atoms with Gasteiger partial charge >= 0.3 is 0 Å². The summed E-state index contributed by atoms with van der Waals surface area (Å²) in [5.74, 6) is -0.0477. The second-order valence-corrected chi connectivity index (χ2v) is 4.89. The maximum Gasteiger partial charge on any atom is 0.239 e. The number of anilines is 1. The van der Waals surface area contributed by atoms with Crippen molar-refractivity contribution in [2.45, 2.75) is 19.9 Å². The number of nitriles is 1. The van der Waals surface area contributed by atoms with Gasteiger partial charge in [-0.25, -0.2) is 0 Å². The molecule has 20 heavy (non-hydrogen) atoms. The SMILES string of the molecule is CC(C)NC(=O)CNc1ccc(C#N)c2ccccc12. The fraction of sp³-hybridized carbons (Fsp3) is 0.250. The third-order valence-electron chi connectivity index (χ3n) is 2.93. The maximum absolute atomic E-state index is 11.7. The zero-order valence-corrected chi connectivity index (χ0v) is 11.6. The number of rotatable bonds is 4. The zero-order chi connectivity index (χ0) is 14.5. The van der Waals surface area contributed by atoms with Crippen LogP contribution in [-0.2, 0) is 4.79 Å². The average molecular weight is 267 g/mol. The van der Waals surface area contributed by atoms with Crippen LogP contribution in [0.1, 0.15) is 19.4 Å². The normalized spacial score (nSPS) is 10.3. The highest BCUT2D eigenvalue weighted by Gasteiger charge is 2.07. The summed E-state index contributed by atoms with van der Waals surface area (Å²) in [5.41, 5.74) is 1.50. The second-order valence-electron chi connectivity index (χ2n) is 4.89. The Hall–Kier alpha value is -2.54. The highest BCUT2D eigenvalue weighted by atomic mass is 16.1. The molecule has 0 aliphatic heterocycles. The molecule has 0 aromatic heterocycles. The predicted octanol–water partition coefficient (Wildman–Crippen LogP) is 2.65. The van der Waals surface area contributed by atoms with Crippen molar-refractivity contribution in [1.29, 1.82) is 5.26 Å². The van der Waals surface area contributed by atoms with Gasteiger partial charge in [0.15, 0.2) is 0 Å². The molecule has 0 unspecified atom stereocenters. The van der Waals surface area contributed by atoms with Gasteiger partial charge in [0.2, 0.25) is 5.91 Å². The topological polar surface area (TPSA) is 64.9 Å². The molecule has 0 bridgehead atoms. The van der Waals surface area contributed by atoms with Crippen molar-refractivity contribution in [3.05, 3.63) is 42.0 Å². The lowest BCUT2D eigenvalue weighted by Gasteiger charge is -2.12. The molecule has 0 atom stereocenters. The molecule has 0 heterocycles. The minimum atomic E-state index is -0.0477. The van der Waals surface area contributed by atoms with Crippen LogP contribution < -0.4 is 10.6 Å². The highest BCUT2D eigenvalue weighted by Crippen LogP contribution is 2.26. The summed E-state index contributed by atoms with van der Waals surface area (Å²) in [6.07, 6.45) is 0. The van der Waals surface area contributed by atoms with Crippen molar-refractivity contribution in [3.8, 4) is 6.07 Å². The van der Waals surface area contributed by atoms with Crippen LogP contribution in [0.2, 0.25) is 0 Å². The van der Waals surface area contributed by atoms with Crippen LogP contribution in [0.4, 0.5) is 5.69 Å². The number of nitrogens with zero attached hydrogens (tertiary/aromatic N) is 1. The summed E-state index contributed by atoms with van der Waals surface area (Å²) < 4.78 is 0. The molecule has 0 saturated heterocycles. The van der Waals surface area contributed by atoms with E-state index in [4.69, 9.17) is 5.26 Å². The van der Waals surface area contributed by atoms with E-state index in [2.05, 4.69) is 16.7 Å². The van der Waals surface area contributed by atoms with Gasteiger partial charge < -0.3 is 10.6 Å². The first-order valence-electron chi connectivity index (χ1n) is 6.57. The molecule has 0 fully saturated rings. The van der Waals surface area contributed by atoms with Gasteiger partial charge in [-0.05, 0) is 26.0 Å². The van der Waals surface area contributed by atoms with Gasteiger partial charge in [-0.2, -0.15) is 5.26 Å². The van der Waals surface area contributed by atoms with Crippen molar-refractivity contribution in [1.82, 2.24) is 5.32 Å². The van der Waals surface area contributed by atoms with Gasteiger partial charge in [-0.3, -0.25) is 4.79 Å². The van der Waals surface area contributed by atoms with Crippen LogP contribution in [0, 0.1) is 11.3 Å². The lowest BCUT2D eigenvalue weighted by atomic mass is 10.0. The fourth-order valence-electron chi connectivity index (χ4n) is 2.10. The molecular weight excluding hydrogens is 250 g/mol. The molecule has 0 aliphatic rings. The van der Waals surface area contributed by atoms with Gasteiger partial charge in [0.05, 0.1) is 18.2 Å². The molecule has 4 heteroatoms. The number of benzene rings is 2. The predicted molar refractivity (Wildman–Crippen MR) is 80.4 cm³/mol. The first-order valence-corrected chi connectivity index (χ1v) is 6.57. The first kappa shape index (κ1) is 13.9. The van der Waals surface area contributed by atoms with E-state index in [0.717, 1.165) is 16.5 Å². The molecule has 2 rings (SSSR count). The van der Waals surface area contributed by atoms with Crippen LogP contribution in [0.5, 0.6) is 0 Å². The van der Waals surface area contributed by atoms with Crippen LogP contribution in [0.15, 0.2) is 36.4 Å². The van der Waals surface area contributed by atoms with Gasteiger partial charge in [-0.1, -0.05) is 24.3 Å². The largest absolute Gasteiger partial charge is 0.376 e. The zero-order valence-electron chi connectivity index (χ0n) is 11.6. The van der Waals surface area contributed by atoms with Crippen molar-refractivity contribution >= 4 is 22.4 Å². The summed E-state index contributed by atoms with van der Waals surface area (Å²) >= 11 is 0. The molecule has 0 aliphatic carbocycles. The van der Waals surface area contributed by atoms with E-state index in [-0.39, 0.29) is 18.5 Å². The van der Waals surface area contributed by atoms with Crippen molar-refractivity contribution < 1.29 is 4.79 Å². The lowest BCUT2D eigenvalue weighted by Crippen LogP contribution is -2.34. The number of nitrogens with one attached hydrogen (secondary N) is 2. The number of amides is 1. The van der Waals surface area contributed by atoms with Crippen LogP contribution in [-0.4, -0.2) is 18.5 Å². The van der Waals surface area contributed by atoms with Crippen molar-refractivity contribution in [3.63, 3.8) is 0 Å². The van der Waals surface area contributed by atoms with Crippen LogP contribution in [0.3, 0.4) is 0 Å². The Bertz CT molecular complexity index is 671. The number of carbonyl (C=O) groups is 1. The standard InChI is InChI=1S/C16H17N3O/c1-11(2)19-16(20)10-18-15-8-7-12(9-17)13-5-3-4-6-14(13)15/h3-8,11,18H,10H2,1-2H3,(H,19,20). The summed E-state index contributed by atoms with van der Waals surface area (Å²) in [6.45, 7) is 4.07. The van der Waals surface area contributed by atoms with E-state index < -0.39 is 0 Å². The molecule has 1 amide bonds. The van der Waals surface area contributed by atoms with Crippen LogP contribution in [0.25, 0.3) is 10.8 Å². The minimum Gasteiger partial charge on any atom is -0.376 e. The Labute approximate surface area is 118 Å². The molecule has 2 aromatic rings. The van der Waals surface area contributed by atoms with E-state index in [1.165, 1.54) is 0 Å². The minimum absolute atomic E-state index is 0.0477. The third kappa shape index (κ3) is 3.07. The van der Waals surface area contributed by atoms with E-state index >= 15 is 0 Å². The summed E-state index contributed by atoms with van der Waals surface area (Å²) in [7, 11) is 0. The maximum atomic E-state index is 11.7. The van der Waals surface area contributed by atoms with E-state index in [0.29, 0.717) is 5.56 Å². The second kappa shape index (κ2) is 6.07. The molecule has 102 valence electrons. The molecule has 4 nitrogen and oxygen atoms in total. The number of hydrogen-bond donors (Lipinski definition) is 2. The Morgan fingerprint density at radius 2 is 1.90 bits per heavy atom. The number of fused-ring (bicyclic) bond motifs is 1. The monoisotopic (exact) mass is 267 g/mol. The Kier molecular flexibility index (Phi) is 4.21. The first-order chi connectivity index (χ1) is 9.61.